The highest BCUT2D eigenvalue weighted by Gasteiger charge is 2.21. The van der Waals surface area contributed by atoms with E-state index in [0.717, 1.165) is 40.8 Å². The van der Waals surface area contributed by atoms with E-state index in [1.807, 2.05) is 53.5 Å². The molecule has 0 saturated heterocycles. The predicted octanol–water partition coefficient (Wildman–Crippen LogP) is 4.10. The van der Waals surface area contributed by atoms with Gasteiger partial charge in [-0.25, -0.2) is 9.36 Å². The molecular formula is C21H27N7OS. The number of aryl methyl sites for hydroxylation is 1. The fourth-order valence-corrected chi connectivity index (χ4v) is 4.80. The van der Waals surface area contributed by atoms with Gasteiger partial charge in [0.05, 0.1) is 28.8 Å². The SMILES string of the molecule is Cc1nn(-c2ccccc2)c(C)c1NC(=O)CCSc1nnnn1C1CCCCC1. The van der Waals surface area contributed by atoms with Crippen LogP contribution in [0.2, 0.25) is 0 Å². The van der Waals surface area contributed by atoms with Crippen molar-refractivity contribution in [1.82, 2.24) is 30.0 Å². The van der Waals surface area contributed by atoms with Gasteiger partial charge in [-0.1, -0.05) is 49.2 Å². The Balaban J connectivity index is 1.34. The van der Waals surface area contributed by atoms with Gasteiger partial charge in [-0.3, -0.25) is 4.79 Å². The summed E-state index contributed by atoms with van der Waals surface area (Å²) in [6, 6.07) is 10.3. The van der Waals surface area contributed by atoms with Gasteiger partial charge < -0.3 is 5.32 Å². The number of benzene rings is 1. The molecule has 2 aromatic heterocycles. The van der Waals surface area contributed by atoms with Crippen LogP contribution in [-0.2, 0) is 4.79 Å². The van der Waals surface area contributed by atoms with Crippen LogP contribution >= 0.6 is 11.8 Å². The smallest absolute Gasteiger partial charge is 0.225 e. The molecule has 1 aliphatic rings. The van der Waals surface area contributed by atoms with E-state index in [4.69, 9.17) is 0 Å². The second-order valence-corrected chi connectivity index (χ2v) is 8.70. The van der Waals surface area contributed by atoms with Crippen molar-refractivity contribution >= 4 is 23.4 Å². The maximum atomic E-state index is 12.6. The van der Waals surface area contributed by atoms with Gasteiger partial charge >= 0.3 is 0 Å². The summed E-state index contributed by atoms with van der Waals surface area (Å²) in [5.41, 5.74) is 3.48. The molecule has 30 heavy (non-hydrogen) atoms. The summed E-state index contributed by atoms with van der Waals surface area (Å²) in [5, 5.41) is 20.6. The lowest BCUT2D eigenvalue weighted by molar-refractivity contribution is -0.115. The number of rotatable bonds is 7. The van der Waals surface area contributed by atoms with Gasteiger partial charge in [0.2, 0.25) is 11.1 Å². The van der Waals surface area contributed by atoms with Crippen LogP contribution in [0.3, 0.4) is 0 Å². The molecule has 2 heterocycles. The van der Waals surface area contributed by atoms with Crippen LogP contribution in [0.25, 0.3) is 5.69 Å². The molecule has 1 N–H and O–H groups in total. The number of para-hydroxylation sites is 1. The lowest BCUT2D eigenvalue weighted by atomic mass is 9.96. The Hall–Kier alpha value is -2.68. The number of anilines is 1. The number of amides is 1. The zero-order chi connectivity index (χ0) is 20.9. The minimum Gasteiger partial charge on any atom is -0.323 e. The molecule has 0 unspecified atom stereocenters. The minimum absolute atomic E-state index is 0.0296. The van der Waals surface area contributed by atoms with Gasteiger partial charge in [0, 0.05) is 12.2 Å². The molecule has 1 aliphatic carbocycles. The lowest BCUT2D eigenvalue weighted by Crippen LogP contribution is -2.16. The summed E-state index contributed by atoms with van der Waals surface area (Å²) in [7, 11) is 0. The molecule has 0 spiro atoms. The topological polar surface area (TPSA) is 90.5 Å². The van der Waals surface area contributed by atoms with Gasteiger partial charge in [-0.2, -0.15) is 5.10 Å². The summed E-state index contributed by atoms with van der Waals surface area (Å²) in [4.78, 5) is 12.6. The van der Waals surface area contributed by atoms with Gasteiger partial charge in [0.1, 0.15) is 0 Å². The molecule has 0 aliphatic heterocycles. The Labute approximate surface area is 180 Å². The van der Waals surface area contributed by atoms with Crippen molar-refractivity contribution in [3.8, 4) is 5.69 Å². The van der Waals surface area contributed by atoms with Crippen LogP contribution in [-0.4, -0.2) is 41.6 Å². The molecule has 3 aromatic rings. The van der Waals surface area contributed by atoms with Crippen LogP contribution in [0.1, 0.15) is 56.0 Å². The second-order valence-electron chi connectivity index (χ2n) is 7.64. The molecule has 4 rings (SSSR count). The monoisotopic (exact) mass is 425 g/mol. The van der Waals surface area contributed by atoms with Crippen molar-refractivity contribution in [2.45, 2.75) is 63.6 Å². The average molecular weight is 426 g/mol. The Kier molecular flexibility index (Phi) is 6.47. The van der Waals surface area contributed by atoms with Gasteiger partial charge in [-0.05, 0) is 49.2 Å². The molecule has 1 fully saturated rings. The van der Waals surface area contributed by atoms with Crippen molar-refractivity contribution in [3.05, 3.63) is 41.7 Å². The Bertz CT molecular complexity index is 992. The minimum atomic E-state index is -0.0296. The molecular weight excluding hydrogens is 398 g/mol. The maximum absolute atomic E-state index is 12.6. The summed E-state index contributed by atoms with van der Waals surface area (Å²) in [6.07, 6.45) is 6.39. The Morgan fingerprint density at radius 3 is 2.70 bits per heavy atom. The van der Waals surface area contributed by atoms with Gasteiger partial charge in [0.25, 0.3) is 0 Å². The third-order valence-electron chi connectivity index (χ3n) is 5.50. The first-order valence-electron chi connectivity index (χ1n) is 10.5. The van der Waals surface area contributed by atoms with E-state index in [1.54, 1.807) is 11.8 Å². The first-order chi connectivity index (χ1) is 14.6. The number of hydrogen-bond donors (Lipinski definition) is 1. The quantitative estimate of drug-likeness (QED) is 0.573. The number of aromatic nitrogens is 6. The van der Waals surface area contributed by atoms with Crippen LogP contribution in [0.15, 0.2) is 35.5 Å². The van der Waals surface area contributed by atoms with E-state index < -0.39 is 0 Å². The molecule has 1 aromatic carbocycles. The van der Waals surface area contributed by atoms with Gasteiger partial charge in [-0.15, -0.1) is 5.10 Å². The molecule has 8 nitrogen and oxygen atoms in total. The van der Waals surface area contributed by atoms with E-state index in [2.05, 4.69) is 25.9 Å². The fraction of sp³-hybridized carbons (Fsp3) is 0.476. The highest BCUT2D eigenvalue weighted by Crippen LogP contribution is 2.30. The lowest BCUT2D eigenvalue weighted by Gasteiger charge is -2.21. The normalized spacial score (nSPS) is 14.7. The third kappa shape index (κ3) is 4.56. The fourth-order valence-electron chi connectivity index (χ4n) is 3.92. The zero-order valence-corrected chi connectivity index (χ0v) is 18.2. The largest absolute Gasteiger partial charge is 0.323 e. The predicted molar refractivity (Wildman–Crippen MR) is 117 cm³/mol. The first-order valence-corrected chi connectivity index (χ1v) is 11.4. The first kappa shape index (κ1) is 20.6. The zero-order valence-electron chi connectivity index (χ0n) is 17.4. The van der Waals surface area contributed by atoms with E-state index >= 15 is 0 Å². The molecule has 0 atom stereocenters. The summed E-state index contributed by atoms with van der Waals surface area (Å²) in [5.74, 6) is 0.599. The third-order valence-corrected chi connectivity index (χ3v) is 6.44. The highest BCUT2D eigenvalue weighted by molar-refractivity contribution is 7.99. The Morgan fingerprint density at radius 2 is 1.93 bits per heavy atom. The number of nitrogens with zero attached hydrogens (tertiary/aromatic N) is 6. The van der Waals surface area contributed by atoms with Crippen LogP contribution in [0, 0.1) is 13.8 Å². The van der Waals surface area contributed by atoms with Crippen molar-refractivity contribution in [1.29, 1.82) is 0 Å². The molecule has 1 amide bonds. The number of nitrogens with one attached hydrogen (secondary N) is 1. The number of thioether (sulfide) groups is 1. The molecule has 0 bridgehead atoms. The van der Waals surface area contributed by atoms with E-state index in [0.29, 0.717) is 18.2 Å². The number of carbonyl (C=O) groups is 1. The summed E-state index contributed by atoms with van der Waals surface area (Å²) >= 11 is 1.54. The summed E-state index contributed by atoms with van der Waals surface area (Å²) in [6.45, 7) is 3.88. The van der Waals surface area contributed by atoms with Crippen molar-refractivity contribution in [2.75, 3.05) is 11.1 Å². The second kappa shape index (κ2) is 9.42. The van der Waals surface area contributed by atoms with Crippen LogP contribution in [0.5, 0.6) is 0 Å². The average Bonchev–Trinajstić information content (AvgIpc) is 3.35. The summed E-state index contributed by atoms with van der Waals surface area (Å²) < 4.78 is 3.80. The number of carbonyl (C=O) groups excluding carboxylic acids is 1. The molecule has 1 saturated carbocycles. The van der Waals surface area contributed by atoms with E-state index in [9.17, 15) is 4.79 Å². The standard InChI is InChI=1S/C21H27N7OS/c1-15-20(16(2)27(24-15)17-9-5-3-6-10-17)22-19(29)13-14-30-21-23-25-26-28(21)18-11-7-4-8-12-18/h3,5-6,9-10,18H,4,7-8,11-14H2,1-2H3,(H,22,29). The van der Waals surface area contributed by atoms with Gasteiger partial charge in [0.15, 0.2) is 0 Å². The van der Waals surface area contributed by atoms with Crippen LogP contribution in [0.4, 0.5) is 5.69 Å². The Morgan fingerprint density at radius 1 is 1.17 bits per heavy atom. The highest BCUT2D eigenvalue weighted by atomic mass is 32.2. The van der Waals surface area contributed by atoms with Crippen molar-refractivity contribution in [2.24, 2.45) is 0 Å². The number of hydrogen-bond acceptors (Lipinski definition) is 6. The van der Waals surface area contributed by atoms with E-state index in [-0.39, 0.29) is 5.91 Å². The molecule has 0 radical (unpaired) electrons. The maximum Gasteiger partial charge on any atom is 0.225 e. The van der Waals surface area contributed by atoms with Crippen molar-refractivity contribution in [3.63, 3.8) is 0 Å². The molecule has 158 valence electrons. The van der Waals surface area contributed by atoms with Crippen LogP contribution < -0.4 is 5.32 Å². The number of tetrazole rings is 1. The van der Waals surface area contributed by atoms with Crippen molar-refractivity contribution < 1.29 is 4.79 Å². The van der Waals surface area contributed by atoms with E-state index in [1.165, 1.54) is 19.3 Å². The molecule has 9 heteroatoms.